The molecule has 2 rings (SSSR count). The third-order valence-corrected chi connectivity index (χ3v) is 3.27. The van der Waals surface area contributed by atoms with Crippen molar-refractivity contribution in [2.45, 2.75) is 33.2 Å². The van der Waals surface area contributed by atoms with Gasteiger partial charge in [0.15, 0.2) is 0 Å². The molecule has 0 bridgehead atoms. The number of hydrogen-bond donors (Lipinski definition) is 1. The molecule has 0 unspecified atom stereocenters. The van der Waals surface area contributed by atoms with E-state index in [1.54, 1.807) is 0 Å². The molecule has 0 atom stereocenters. The molecular formula is C18H24N2O. The van der Waals surface area contributed by atoms with Crippen LogP contribution in [0.2, 0.25) is 0 Å². The molecule has 3 nitrogen and oxygen atoms in total. The van der Waals surface area contributed by atoms with Gasteiger partial charge in [-0.3, -0.25) is 0 Å². The largest absolute Gasteiger partial charge is 0.478 e. The number of hydrogen-bond acceptors (Lipinski definition) is 3. The van der Waals surface area contributed by atoms with Crippen molar-refractivity contribution in [1.82, 2.24) is 10.3 Å². The highest BCUT2D eigenvalue weighted by Crippen LogP contribution is 2.13. The molecule has 1 aromatic heterocycles. The van der Waals surface area contributed by atoms with Crippen molar-refractivity contribution in [3.8, 4) is 5.88 Å². The van der Waals surface area contributed by atoms with Gasteiger partial charge in [-0.15, -0.1) is 0 Å². The van der Waals surface area contributed by atoms with Crippen LogP contribution in [0.4, 0.5) is 0 Å². The summed E-state index contributed by atoms with van der Waals surface area (Å²) in [5.74, 6) is 0.732. The second-order valence-corrected chi connectivity index (χ2v) is 5.17. The number of nitrogens with one attached hydrogen (secondary N) is 1. The minimum Gasteiger partial charge on any atom is -0.478 e. The van der Waals surface area contributed by atoms with Crippen LogP contribution in [0.1, 0.15) is 30.2 Å². The fourth-order valence-electron chi connectivity index (χ4n) is 2.25. The van der Waals surface area contributed by atoms with Crippen LogP contribution in [0.25, 0.3) is 0 Å². The fourth-order valence-corrected chi connectivity index (χ4v) is 2.25. The molecule has 0 aliphatic rings. The lowest BCUT2D eigenvalue weighted by molar-refractivity contribution is 0.298. The van der Waals surface area contributed by atoms with E-state index < -0.39 is 0 Å². The predicted octanol–water partition coefficient (Wildman–Crippen LogP) is 3.51. The molecule has 0 amide bonds. The van der Waals surface area contributed by atoms with Crippen molar-refractivity contribution in [2.75, 3.05) is 13.2 Å². The number of pyridine rings is 1. The van der Waals surface area contributed by atoms with Gasteiger partial charge in [-0.1, -0.05) is 37.3 Å². The van der Waals surface area contributed by atoms with Crippen LogP contribution in [-0.4, -0.2) is 18.1 Å². The third kappa shape index (κ3) is 5.56. The average Bonchev–Trinajstić information content (AvgIpc) is 2.50. The number of rotatable bonds is 8. The van der Waals surface area contributed by atoms with Crippen molar-refractivity contribution < 1.29 is 4.74 Å². The highest BCUT2D eigenvalue weighted by molar-refractivity contribution is 5.24. The second-order valence-electron chi connectivity index (χ2n) is 5.17. The van der Waals surface area contributed by atoms with Gasteiger partial charge in [0.25, 0.3) is 0 Å². The van der Waals surface area contributed by atoms with Crippen LogP contribution in [0.15, 0.2) is 42.5 Å². The van der Waals surface area contributed by atoms with Gasteiger partial charge in [0.2, 0.25) is 5.88 Å². The molecule has 0 saturated carbocycles. The van der Waals surface area contributed by atoms with Gasteiger partial charge in [0.1, 0.15) is 0 Å². The van der Waals surface area contributed by atoms with E-state index in [1.165, 1.54) is 11.1 Å². The molecular weight excluding hydrogens is 260 g/mol. The van der Waals surface area contributed by atoms with E-state index in [1.807, 2.05) is 19.1 Å². The highest BCUT2D eigenvalue weighted by atomic mass is 16.5. The topological polar surface area (TPSA) is 34.2 Å². The zero-order valence-corrected chi connectivity index (χ0v) is 12.9. The molecule has 1 heterocycles. The van der Waals surface area contributed by atoms with Gasteiger partial charge < -0.3 is 10.1 Å². The van der Waals surface area contributed by atoms with E-state index in [4.69, 9.17) is 4.74 Å². The van der Waals surface area contributed by atoms with Crippen molar-refractivity contribution in [1.29, 1.82) is 0 Å². The van der Waals surface area contributed by atoms with Crippen LogP contribution in [-0.2, 0) is 13.0 Å². The summed E-state index contributed by atoms with van der Waals surface area (Å²) in [6, 6.07) is 14.6. The van der Waals surface area contributed by atoms with Crippen LogP contribution in [0.3, 0.4) is 0 Å². The summed E-state index contributed by atoms with van der Waals surface area (Å²) in [5.41, 5.74) is 3.58. The minimum absolute atomic E-state index is 0.700. The molecule has 0 radical (unpaired) electrons. The van der Waals surface area contributed by atoms with Crippen LogP contribution in [0, 0.1) is 6.92 Å². The molecule has 2 aromatic rings. The van der Waals surface area contributed by atoms with E-state index in [0.717, 1.165) is 37.5 Å². The molecule has 1 aromatic carbocycles. The molecule has 21 heavy (non-hydrogen) atoms. The maximum atomic E-state index is 5.79. The lowest BCUT2D eigenvalue weighted by atomic mass is 10.1. The second kappa shape index (κ2) is 8.42. The number of aromatic nitrogens is 1. The smallest absolute Gasteiger partial charge is 0.213 e. The Kier molecular flexibility index (Phi) is 6.22. The van der Waals surface area contributed by atoms with Crippen molar-refractivity contribution >= 4 is 0 Å². The van der Waals surface area contributed by atoms with E-state index in [0.29, 0.717) is 6.61 Å². The van der Waals surface area contributed by atoms with E-state index in [-0.39, 0.29) is 0 Å². The van der Waals surface area contributed by atoms with Gasteiger partial charge in [-0.25, -0.2) is 4.98 Å². The zero-order chi connectivity index (χ0) is 14.9. The van der Waals surface area contributed by atoms with Gasteiger partial charge in [-0.2, -0.15) is 0 Å². The van der Waals surface area contributed by atoms with Crippen LogP contribution in [0.5, 0.6) is 5.88 Å². The molecule has 112 valence electrons. The Morgan fingerprint density at radius 3 is 2.67 bits per heavy atom. The first-order valence-electron chi connectivity index (χ1n) is 7.63. The molecule has 0 aliphatic carbocycles. The maximum absolute atomic E-state index is 5.79. The first kappa shape index (κ1) is 15.5. The number of benzene rings is 1. The van der Waals surface area contributed by atoms with Gasteiger partial charge in [0.05, 0.1) is 6.61 Å². The number of ether oxygens (including phenoxy) is 1. The Bertz CT molecular complexity index is 540. The Morgan fingerprint density at radius 1 is 1.10 bits per heavy atom. The zero-order valence-electron chi connectivity index (χ0n) is 12.9. The van der Waals surface area contributed by atoms with Crippen LogP contribution >= 0.6 is 0 Å². The Labute approximate surface area is 127 Å². The molecule has 0 saturated heterocycles. The normalized spacial score (nSPS) is 10.6. The SMILES string of the molecule is CCNCc1cc(C)nc(OCCCc2ccccc2)c1. The Morgan fingerprint density at radius 2 is 1.90 bits per heavy atom. The van der Waals surface area contributed by atoms with Gasteiger partial charge in [0, 0.05) is 18.3 Å². The maximum Gasteiger partial charge on any atom is 0.213 e. The summed E-state index contributed by atoms with van der Waals surface area (Å²) >= 11 is 0. The summed E-state index contributed by atoms with van der Waals surface area (Å²) in [6.07, 6.45) is 2.04. The van der Waals surface area contributed by atoms with Gasteiger partial charge >= 0.3 is 0 Å². The highest BCUT2D eigenvalue weighted by Gasteiger charge is 2.01. The Balaban J connectivity index is 1.81. The van der Waals surface area contributed by atoms with Crippen LogP contribution < -0.4 is 10.1 Å². The van der Waals surface area contributed by atoms with Crippen molar-refractivity contribution in [3.05, 3.63) is 59.3 Å². The minimum atomic E-state index is 0.700. The van der Waals surface area contributed by atoms with E-state index in [9.17, 15) is 0 Å². The summed E-state index contributed by atoms with van der Waals surface area (Å²) in [6.45, 7) is 6.64. The van der Waals surface area contributed by atoms with Crippen molar-refractivity contribution in [3.63, 3.8) is 0 Å². The summed E-state index contributed by atoms with van der Waals surface area (Å²) < 4.78 is 5.79. The quantitative estimate of drug-likeness (QED) is 0.753. The monoisotopic (exact) mass is 284 g/mol. The number of nitrogens with zero attached hydrogens (tertiary/aromatic N) is 1. The predicted molar refractivity (Wildman–Crippen MR) is 86.6 cm³/mol. The van der Waals surface area contributed by atoms with Crippen molar-refractivity contribution in [2.24, 2.45) is 0 Å². The van der Waals surface area contributed by atoms with Gasteiger partial charge in [-0.05, 0) is 43.5 Å². The number of aryl methyl sites for hydroxylation is 2. The summed E-state index contributed by atoms with van der Waals surface area (Å²) in [5, 5.41) is 3.32. The third-order valence-electron chi connectivity index (χ3n) is 3.27. The standard InChI is InChI=1S/C18H24N2O/c1-3-19-14-17-12-15(2)20-18(13-17)21-11-7-10-16-8-5-4-6-9-16/h4-6,8-9,12-13,19H,3,7,10-11,14H2,1-2H3. The summed E-state index contributed by atoms with van der Waals surface area (Å²) in [4.78, 5) is 4.44. The molecule has 0 aliphatic heterocycles. The molecule has 1 N–H and O–H groups in total. The van der Waals surface area contributed by atoms with E-state index >= 15 is 0 Å². The first-order valence-corrected chi connectivity index (χ1v) is 7.63. The lowest BCUT2D eigenvalue weighted by Crippen LogP contribution is -2.12. The summed E-state index contributed by atoms with van der Waals surface area (Å²) in [7, 11) is 0. The fraction of sp³-hybridized carbons (Fsp3) is 0.389. The van der Waals surface area contributed by atoms with E-state index in [2.05, 4.69) is 47.6 Å². The first-order chi connectivity index (χ1) is 10.3. The molecule has 0 fully saturated rings. The Hall–Kier alpha value is -1.87. The average molecular weight is 284 g/mol. The molecule has 0 spiro atoms. The molecule has 3 heteroatoms. The lowest BCUT2D eigenvalue weighted by Gasteiger charge is -2.09.